The van der Waals surface area contributed by atoms with Gasteiger partial charge in [-0.1, -0.05) is 25.6 Å². The third-order valence-corrected chi connectivity index (χ3v) is 4.31. The fourth-order valence-electron chi connectivity index (χ4n) is 1.38. The van der Waals surface area contributed by atoms with Crippen LogP contribution in [0.25, 0.3) is 0 Å². The molecule has 0 radical (unpaired) electrons. The number of thiazole rings is 1. The van der Waals surface area contributed by atoms with Crippen molar-refractivity contribution in [3.05, 3.63) is 11.1 Å². The van der Waals surface area contributed by atoms with Gasteiger partial charge in [0, 0.05) is 22.9 Å². The lowest BCUT2D eigenvalue weighted by Gasteiger charge is -2.18. The molecule has 0 aromatic carbocycles. The lowest BCUT2D eigenvalue weighted by Crippen LogP contribution is -2.43. The molecule has 0 spiro atoms. The maximum atomic E-state index is 11.8. The van der Waals surface area contributed by atoms with Crippen LogP contribution >= 0.6 is 23.1 Å². The highest BCUT2D eigenvalue weighted by molar-refractivity contribution is 8.01. The average molecular weight is 288 g/mol. The van der Waals surface area contributed by atoms with E-state index in [1.54, 1.807) is 23.1 Å². The summed E-state index contributed by atoms with van der Waals surface area (Å²) in [4.78, 5) is 16.2. The van der Waals surface area contributed by atoms with Crippen molar-refractivity contribution >= 4 is 29.1 Å². The van der Waals surface area contributed by atoms with E-state index in [9.17, 15) is 4.79 Å². The first-order chi connectivity index (χ1) is 8.52. The molecule has 1 aromatic heterocycles. The van der Waals surface area contributed by atoms with Gasteiger partial charge in [0.2, 0.25) is 0 Å². The summed E-state index contributed by atoms with van der Waals surface area (Å²) in [6, 6.07) is -0.0304. The smallest absolute Gasteiger partial charge is 0.324 e. The van der Waals surface area contributed by atoms with Gasteiger partial charge in [-0.15, -0.1) is 11.3 Å². The van der Waals surface area contributed by atoms with Crippen molar-refractivity contribution in [2.24, 2.45) is 0 Å². The number of carbonyl (C=O) groups is 1. The molecule has 1 N–H and O–H groups in total. The van der Waals surface area contributed by atoms with E-state index < -0.39 is 0 Å². The molecule has 1 rings (SSSR count). The van der Waals surface area contributed by atoms with Crippen LogP contribution in [0.3, 0.4) is 0 Å². The van der Waals surface area contributed by atoms with Crippen LogP contribution in [-0.4, -0.2) is 35.4 Å². The van der Waals surface area contributed by atoms with Crippen LogP contribution in [-0.2, 0) is 9.53 Å². The van der Waals surface area contributed by atoms with Gasteiger partial charge in [-0.2, -0.15) is 0 Å². The van der Waals surface area contributed by atoms with Gasteiger partial charge in [-0.05, 0) is 13.8 Å². The average Bonchev–Trinajstić information content (AvgIpc) is 2.70. The molecule has 0 aliphatic rings. The molecule has 0 saturated heterocycles. The van der Waals surface area contributed by atoms with Gasteiger partial charge in [-0.3, -0.25) is 4.79 Å². The van der Waals surface area contributed by atoms with Gasteiger partial charge >= 0.3 is 5.97 Å². The van der Waals surface area contributed by atoms with E-state index in [0.717, 1.165) is 10.0 Å². The van der Waals surface area contributed by atoms with Crippen molar-refractivity contribution in [3.63, 3.8) is 0 Å². The molecule has 4 nitrogen and oxygen atoms in total. The number of nitrogens with zero attached hydrogens (tertiary/aromatic N) is 1. The number of thioether (sulfide) groups is 1. The molecule has 1 atom stereocenters. The molecule has 0 aliphatic heterocycles. The summed E-state index contributed by atoms with van der Waals surface area (Å²) >= 11 is 3.20. The van der Waals surface area contributed by atoms with Crippen LogP contribution in [0.15, 0.2) is 9.72 Å². The predicted molar refractivity (Wildman–Crippen MR) is 76.3 cm³/mol. The molecule has 0 amide bonds. The van der Waals surface area contributed by atoms with Gasteiger partial charge < -0.3 is 10.1 Å². The SMILES string of the molecule is CCOC(=O)C(CSc1nc(C)cs1)NC(C)C. The van der Waals surface area contributed by atoms with E-state index in [1.165, 1.54) is 0 Å². The summed E-state index contributed by atoms with van der Waals surface area (Å²) < 4.78 is 6.06. The lowest BCUT2D eigenvalue weighted by molar-refractivity contribution is -0.145. The summed E-state index contributed by atoms with van der Waals surface area (Å²) in [6.45, 7) is 8.24. The van der Waals surface area contributed by atoms with E-state index in [2.05, 4.69) is 10.3 Å². The van der Waals surface area contributed by atoms with Gasteiger partial charge in [0.15, 0.2) is 0 Å². The number of rotatable bonds is 7. The highest BCUT2D eigenvalue weighted by Crippen LogP contribution is 2.23. The molecule has 1 aromatic rings. The van der Waals surface area contributed by atoms with E-state index in [-0.39, 0.29) is 18.1 Å². The Morgan fingerprint density at radius 3 is 2.83 bits per heavy atom. The normalized spacial score (nSPS) is 12.7. The van der Waals surface area contributed by atoms with Crippen molar-refractivity contribution in [2.45, 2.75) is 44.1 Å². The maximum Gasteiger partial charge on any atom is 0.324 e. The van der Waals surface area contributed by atoms with Crippen molar-refractivity contribution in [2.75, 3.05) is 12.4 Å². The van der Waals surface area contributed by atoms with Crippen molar-refractivity contribution < 1.29 is 9.53 Å². The summed E-state index contributed by atoms with van der Waals surface area (Å²) in [5.74, 6) is 0.455. The first kappa shape index (κ1) is 15.5. The zero-order chi connectivity index (χ0) is 13.5. The topological polar surface area (TPSA) is 51.2 Å². The number of hydrogen-bond acceptors (Lipinski definition) is 6. The Morgan fingerprint density at radius 1 is 1.61 bits per heavy atom. The molecule has 0 bridgehead atoms. The number of aromatic nitrogens is 1. The first-order valence-corrected chi connectivity index (χ1v) is 7.87. The van der Waals surface area contributed by atoms with E-state index in [0.29, 0.717) is 12.4 Å². The summed E-state index contributed by atoms with van der Waals surface area (Å²) in [5, 5.41) is 5.23. The fraction of sp³-hybridized carbons (Fsp3) is 0.667. The number of nitrogens with one attached hydrogen (secondary N) is 1. The second-order valence-electron chi connectivity index (χ2n) is 4.19. The molecule has 1 heterocycles. The van der Waals surface area contributed by atoms with Crippen LogP contribution in [0.1, 0.15) is 26.5 Å². The largest absolute Gasteiger partial charge is 0.465 e. The third-order valence-electron chi connectivity index (χ3n) is 2.08. The Bertz CT molecular complexity index is 380. The van der Waals surface area contributed by atoms with Gasteiger partial charge in [-0.25, -0.2) is 4.98 Å². The molecule has 1 unspecified atom stereocenters. The number of aryl methyl sites for hydroxylation is 1. The lowest BCUT2D eigenvalue weighted by atomic mass is 10.3. The van der Waals surface area contributed by atoms with Crippen molar-refractivity contribution in [3.8, 4) is 0 Å². The Hall–Kier alpha value is -0.590. The zero-order valence-corrected chi connectivity index (χ0v) is 12.9. The van der Waals surface area contributed by atoms with Crippen LogP contribution in [0.5, 0.6) is 0 Å². The Labute approximate surface area is 117 Å². The molecule has 0 saturated carbocycles. The fourth-order valence-corrected chi connectivity index (χ4v) is 3.27. The Morgan fingerprint density at radius 2 is 2.33 bits per heavy atom. The minimum Gasteiger partial charge on any atom is -0.465 e. The molecule has 6 heteroatoms. The second kappa shape index (κ2) is 7.76. The van der Waals surface area contributed by atoms with Gasteiger partial charge in [0.05, 0.1) is 6.61 Å². The van der Waals surface area contributed by atoms with E-state index in [4.69, 9.17) is 4.74 Å². The number of hydrogen-bond donors (Lipinski definition) is 1. The predicted octanol–water partition coefficient (Wildman–Crippen LogP) is 2.47. The number of esters is 1. The molecular weight excluding hydrogens is 268 g/mol. The maximum absolute atomic E-state index is 11.8. The van der Waals surface area contributed by atoms with Crippen molar-refractivity contribution in [1.82, 2.24) is 10.3 Å². The third kappa shape index (κ3) is 5.37. The van der Waals surface area contributed by atoms with Gasteiger partial charge in [0.1, 0.15) is 10.4 Å². The van der Waals surface area contributed by atoms with Crippen LogP contribution < -0.4 is 5.32 Å². The molecule has 18 heavy (non-hydrogen) atoms. The first-order valence-electron chi connectivity index (χ1n) is 6.00. The molecule has 102 valence electrons. The monoisotopic (exact) mass is 288 g/mol. The number of ether oxygens (including phenoxy) is 1. The van der Waals surface area contributed by atoms with E-state index in [1.807, 2.05) is 33.1 Å². The molecule has 0 fully saturated rings. The van der Waals surface area contributed by atoms with Crippen LogP contribution in [0.2, 0.25) is 0 Å². The Kier molecular flexibility index (Phi) is 6.67. The van der Waals surface area contributed by atoms with Gasteiger partial charge in [0.25, 0.3) is 0 Å². The summed E-state index contributed by atoms with van der Waals surface area (Å²) in [7, 11) is 0. The standard InChI is InChI=1S/C12H20N2O2S2/c1-5-16-11(15)10(13-8(2)3)7-18-12-14-9(4)6-17-12/h6,8,10,13H,5,7H2,1-4H3. The second-order valence-corrected chi connectivity index (χ2v) is 6.32. The highest BCUT2D eigenvalue weighted by atomic mass is 32.2. The minimum absolute atomic E-state index is 0.188. The summed E-state index contributed by atoms with van der Waals surface area (Å²) in [6.07, 6.45) is 0. The molecular formula is C12H20N2O2S2. The highest BCUT2D eigenvalue weighted by Gasteiger charge is 2.21. The van der Waals surface area contributed by atoms with Crippen LogP contribution in [0, 0.1) is 6.92 Å². The Balaban J connectivity index is 2.52. The minimum atomic E-state index is -0.279. The number of carbonyl (C=O) groups excluding carboxylic acids is 1. The van der Waals surface area contributed by atoms with Crippen LogP contribution in [0.4, 0.5) is 0 Å². The summed E-state index contributed by atoms with van der Waals surface area (Å²) in [5.41, 5.74) is 1.02. The quantitative estimate of drug-likeness (QED) is 0.617. The van der Waals surface area contributed by atoms with Crippen molar-refractivity contribution in [1.29, 1.82) is 0 Å². The van der Waals surface area contributed by atoms with E-state index >= 15 is 0 Å². The molecule has 0 aliphatic carbocycles. The zero-order valence-electron chi connectivity index (χ0n) is 11.2.